The number of nitrogen functional groups attached to an aromatic ring is 1. The highest BCUT2D eigenvalue weighted by Crippen LogP contribution is 2.27. The number of amides is 1. The standard InChI is InChI=1S/C14H16ClN3OS/c1-14(2,3)11-7-20-13(17-11)18-12(19)9-5-4-8(15)6-10(9)16/h4-7H,16H2,1-3H3,(H,17,18,19). The lowest BCUT2D eigenvalue weighted by molar-refractivity contribution is 0.102. The maximum atomic E-state index is 12.1. The third kappa shape index (κ3) is 3.29. The van der Waals surface area contributed by atoms with Crippen LogP contribution in [0, 0.1) is 0 Å². The van der Waals surface area contributed by atoms with E-state index in [1.165, 1.54) is 11.3 Å². The van der Waals surface area contributed by atoms with E-state index < -0.39 is 0 Å². The number of carbonyl (C=O) groups is 1. The first-order valence-electron chi connectivity index (χ1n) is 6.10. The Hall–Kier alpha value is -1.59. The lowest BCUT2D eigenvalue weighted by atomic mass is 9.93. The quantitative estimate of drug-likeness (QED) is 0.826. The minimum atomic E-state index is -0.283. The fourth-order valence-corrected chi connectivity index (χ4v) is 2.69. The van der Waals surface area contributed by atoms with Crippen molar-refractivity contribution in [3.05, 3.63) is 39.9 Å². The molecule has 106 valence electrons. The molecule has 6 heteroatoms. The van der Waals surface area contributed by atoms with Gasteiger partial charge in [-0.3, -0.25) is 10.1 Å². The molecule has 3 N–H and O–H groups in total. The number of nitrogens with zero attached hydrogens (tertiary/aromatic N) is 1. The van der Waals surface area contributed by atoms with Gasteiger partial charge in [0.1, 0.15) is 0 Å². The summed E-state index contributed by atoms with van der Waals surface area (Å²) < 4.78 is 0. The minimum absolute atomic E-state index is 0.0429. The molecule has 0 fully saturated rings. The molecule has 0 bridgehead atoms. The van der Waals surface area contributed by atoms with Crippen molar-refractivity contribution in [2.24, 2.45) is 0 Å². The zero-order valence-corrected chi connectivity index (χ0v) is 13.1. The molecule has 1 aromatic heterocycles. The van der Waals surface area contributed by atoms with Gasteiger partial charge in [-0.1, -0.05) is 32.4 Å². The molecule has 0 atom stereocenters. The van der Waals surface area contributed by atoms with Crippen LogP contribution >= 0.6 is 22.9 Å². The third-order valence-electron chi connectivity index (χ3n) is 2.75. The Morgan fingerprint density at radius 3 is 2.65 bits per heavy atom. The van der Waals surface area contributed by atoms with Crippen LogP contribution in [0.25, 0.3) is 0 Å². The Kier molecular flexibility index (Phi) is 4.01. The predicted molar refractivity (Wildman–Crippen MR) is 84.6 cm³/mol. The molecule has 1 aromatic carbocycles. The molecule has 2 rings (SSSR count). The topological polar surface area (TPSA) is 68.0 Å². The summed E-state index contributed by atoms with van der Waals surface area (Å²) in [5, 5.41) is 5.77. The van der Waals surface area contributed by atoms with Crippen molar-refractivity contribution in [1.29, 1.82) is 0 Å². The van der Waals surface area contributed by atoms with Gasteiger partial charge in [0.05, 0.1) is 11.3 Å². The van der Waals surface area contributed by atoms with Crippen molar-refractivity contribution in [2.45, 2.75) is 26.2 Å². The first kappa shape index (κ1) is 14.8. The molecular formula is C14H16ClN3OS. The first-order chi connectivity index (χ1) is 9.27. The molecule has 0 aliphatic heterocycles. The van der Waals surface area contributed by atoms with Crippen molar-refractivity contribution in [3.8, 4) is 0 Å². The maximum absolute atomic E-state index is 12.1. The summed E-state index contributed by atoms with van der Waals surface area (Å²) in [5.74, 6) is -0.283. The summed E-state index contributed by atoms with van der Waals surface area (Å²) in [6.07, 6.45) is 0. The number of carbonyl (C=O) groups excluding carboxylic acids is 1. The average molecular weight is 310 g/mol. The van der Waals surface area contributed by atoms with Crippen LogP contribution in [0.4, 0.5) is 10.8 Å². The van der Waals surface area contributed by atoms with Gasteiger partial charge in [-0.2, -0.15) is 0 Å². The number of aromatic nitrogens is 1. The summed E-state index contributed by atoms with van der Waals surface area (Å²) in [5.41, 5.74) is 7.43. The third-order valence-corrected chi connectivity index (χ3v) is 3.74. The second-order valence-corrected chi connectivity index (χ2v) is 6.77. The number of benzene rings is 1. The van der Waals surface area contributed by atoms with Gasteiger partial charge in [0, 0.05) is 21.5 Å². The van der Waals surface area contributed by atoms with Crippen LogP contribution in [-0.4, -0.2) is 10.9 Å². The van der Waals surface area contributed by atoms with E-state index in [2.05, 4.69) is 31.1 Å². The number of rotatable bonds is 2. The van der Waals surface area contributed by atoms with Gasteiger partial charge in [0.25, 0.3) is 5.91 Å². The largest absolute Gasteiger partial charge is 0.398 e. The highest BCUT2D eigenvalue weighted by atomic mass is 35.5. The van der Waals surface area contributed by atoms with E-state index in [0.717, 1.165) is 5.69 Å². The number of halogens is 1. The smallest absolute Gasteiger partial charge is 0.259 e. The molecule has 1 heterocycles. The van der Waals surface area contributed by atoms with Crippen LogP contribution in [-0.2, 0) is 5.41 Å². The lowest BCUT2D eigenvalue weighted by Crippen LogP contribution is -2.15. The molecule has 0 radical (unpaired) electrons. The van der Waals surface area contributed by atoms with Crippen molar-refractivity contribution >= 4 is 39.7 Å². The van der Waals surface area contributed by atoms with E-state index in [4.69, 9.17) is 17.3 Å². The Labute approximate surface area is 127 Å². The van der Waals surface area contributed by atoms with E-state index in [1.54, 1.807) is 18.2 Å². The highest BCUT2D eigenvalue weighted by Gasteiger charge is 2.19. The zero-order valence-electron chi connectivity index (χ0n) is 11.5. The van der Waals surface area contributed by atoms with Crippen molar-refractivity contribution in [2.75, 3.05) is 11.1 Å². The number of hydrogen-bond acceptors (Lipinski definition) is 4. The molecular weight excluding hydrogens is 294 g/mol. The van der Waals surface area contributed by atoms with Crippen LogP contribution in [0.2, 0.25) is 5.02 Å². The number of anilines is 2. The van der Waals surface area contributed by atoms with Gasteiger partial charge < -0.3 is 5.73 Å². The normalized spacial score (nSPS) is 11.4. The van der Waals surface area contributed by atoms with Gasteiger partial charge in [-0.25, -0.2) is 4.98 Å². The molecule has 4 nitrogen and oxygen atoms in total. The summed E-state index contributed by atoms with van der Waals surface area (Å²) in [4.78, 5) is 16.6. The predicted octanol–water partition coefficient (Wildman–Crippen LogP) is 3.93. The summed E-state index contributed by atoms with van der Waals surface area (Å²) >= 11 is 7.21. The van der Waals surface area contributed by atoms with Gasteiger partial charge >= 0.3 is 0 Å². The Morgan fingerprint density at radius 2 is 2.10 bits per heavy atom. The second kappa shape index (κ2) is 5.42. The fraction of sp³-hybridized carbons (Fsp3) is 0.286. The van der Waals surface area contributed by atoms with E-state index in [9.17, 15) is 4.79 Å². The van der Waals surface area contributed by atoms with Crippen molar-refractivity contribution in [1.82, 2.24) is 4.98 Å². The van der Waals surface area contributed by atoms with E-state index in [1.807, 2.05) is 5.38 Å². The molecule has 0 saturated carbocycles. The van der Waals surface area contributed by atoms with Gasteiger partial charge in [-0.05, 0) is 18.2 Å². The van der Waals surface area contributed by atoms with Crippen molar-refractivity contribution in [3.63, 3.8) is 0 Å². The van der Waals surface area contributed by atoms with Crippen molar-refractivity contribution < 1.29 is 4.79 Å². The van der Waals surface area contributed by atoms with Crippen LogP contribution in [0.1, 0.15) is 36.8 Å². The summed E-state index contributed by atoms with van der Waals surface area (Å²) in [7, 11) is 0. The molecule has 0 spiro atoms. The van der Waals surface area contributed by atoms with E-state index in [-0.39, 0.29) is 11.3 Å². The zero-order chi connectivity index (χ0) is 14.9. The van der Waals surface area contributed by atoms with Crippen LogP contribution in [0.5, 0.6) is 0 Å². The Bertz CT molecular complexity index is 646. The molecule has 0 aliphatic rings. The van der Waals surface area contributed by atoms with Crippen LogP contribution in [0.15, 0.2) is 23.6 Å². The average Bonchev–Trinajstić information content (AvgIpc) is 2.76. The second-order valence-electron chi connectivity index (χ2n) is 5.47. The molecule has 0 aliphatic carbocycles. The minimum Gasteiger partial charge on any atom is -0.398 e. The fourth-order valence-electron chi connectivity index (χ4n) is 1.58. The number of nitrogens with one attached hydrogen (secondary N) is 1. The number of nitrogens with two attached hydrogens (primary N) is 1. The number of thiazole rings is 1. The van der Waals surface area contributed by atoms with Crippen LogP contribution in [0.3, 0.4) is 0 Å². The van der Waals surface area contributed by atoms with E-state index in [0.29, 0.717) is 21.4 Å². The Balaban J connectivity index is 2.17. The molecule has 0 unspecified atom stereocenters. The monoisotopic (exact) mass is 309 g/mol. The van der Waals surface area contributed by atoms with Crippen LogP contribution < -0.4 is 11.1 Å². The Morgan fingerprint density at radius 1 is 1.40 bits per heavy atom. The molecule has 2 aromatic rings. The van der Waals surface area contributed by atoms with Gasteiger partial charge in [0.15, 0.2) is 5.13 Å². The van der Waals surface area contributed by atoms with E-state index >= 15 is 0 Å². The van der Waals surface area contributed by atoms with Gasteiger partial charge in [0.2, 0.25) is 0 Å². The number of hydrogen-bond donors (Lipinski definition) is 2. The first-order valence-corrected chi connectivity index (χ1v) is 7.35. The highest BCUT2D eigenvalue weighted by molar-refractivity contribution is 7.14. The summed E-state index contributed by atoms with van der Waals surface area (Å²) in [6.45, 7) is 6.22. The maximum Gasteiger partial charge on any atom is 0.259 e. The molecule has 20 heavy (non-hydrogen) atoms. The SMILES string of the molecule is CC(C)(C)c1csc(NC(=O)c2ccc(Cl)cc2N)n1. The molecule has 1 amide bonds. The lowest BCUT2D eigenvalue weighted by Gasteiger charge is -2.14. The molecule has 0 saturated heterocycles. The summed E-state index contributed by atoms with van der Waals surface area (Å²) in [6, 6.07) is 4.79. The van der Waals surface area contributed by atoms with Gasteiger partial charge in [-0.15, -0.1) is 11.3 Å².